The van der Waals surface area contributed by atoms with Crippen molar-refractivity contribution < 1.29 is 9.32 Å². The Kier molecular flexibility index (Phi) is 5.26. The number of anilines is 1. The van der Waals surface area contributed by atoms with Crippen molar-refractivity contribution in [2.75, 3.05) is 12.4 Å². The maximum absolute atomic E-state index is 12.4. The highest BCUT2D eigenvalue weighted by Gasteiger charge is 2.15. The molecule has 136 valence electrons. The summed E-state index contributed by atoms with van der Waals surface area (Å²) in [5, 5.41) is 10.8. The third kappa shape index (κ3) is 4.44. The van der Waals surface area contributed by atoms with Crippen LogP contribution in [-0.2, 0) is 13.0 Å². The van der Waals surface area contributed by atoms with E-state index in [0.717, 1.165) is 12.1 Å². The van der Waals surface area contributed by atoms with Crippen molar-refractivity contribution in [2.24, 2.45) is 5.92 Å². The first-order chi connectivity index (χ1) is 12.5. The molecule has 0 saturated carbocycles. The topological polar surface area (TPSA) is 102 Å². The van der Waals surface area contributed by atoms with E-state index in [1.165, 1.54) is 11.2 Å². The van der Waals surface area contributed by atoms with Gasteiger partial charge in [-0.15, -0.1) is 0 Å². The number of rotatable bonds is 6. The fourth-order valence-corrected chi connectivity index (χ4v) is 2.36. The molecule has 0 fully saturated rings. The quantitative estimate of drug-likeness (QED) is 0.729. The molecule has 0 bridgehead atoms. The summed E-state index contributed by atoms with van der Waals surface area (Å²) >= 11 is 0. The van der Waals surface area contributed by atoms with Crippen LogP contribution >= 0.6 is 0 Å². The molecule has 0 aliphatic heterocycles. The summed E-state index contributed by atoms with van der Waals surface area (Å²) < 4.78 is 6.82. The number of nitrogens with one attached hydrogen (secondary N) is 1. The molecule has 2 heterocycles. The molecule has 9 nitrogen and oxygen atoms in total. The van der Waals surface area contributed by atoms with Crippen molar-refractivity contribution >= 4 is 11.7 Å². The van der Waals surface area contributed by atoms with Crippen LogP contribution in [0, 0.1) is 5.92 Å². The molecule has 2 aromatic heterocycles. The Bertz CT molecular complexity index is 858. The number of benzene rings is 1. The Labute approximate surface area is 151 Å². The molecule has 9 heteroatoms. The zero-order valence-corrected chi connectivity index (χ0v) is 15.0. The molecular formula is C17H21N7O2. The number of hydrogen-bond acceptors (Lipinski definition) is 6. The fraction of sp³-hybridized carbons (Fsp3) is 0.353. The van der Waals surface area contributed by atoms with Crippen LogP contribution in [0.4, 0.5) is 10.5 Å². The second-order valence-electron chi connectivity index (χ2n) is 6.38. The monoisotopic (exact) mass is 355 g/mol. The van der Waals surface area contributed by atoms with Crippen molar-refractivity contribution in [3.63, 3.8) is 0 Å². The van der Waals surface area contributed by atoms with Gasteiger partial charge < -0.3 is 14.7 Å². The lowest BCUT2D eigenvalue weighted by molar-refractivity contribution is 0.213. The van der Waals surface area contributed by atoms with Crippen LogP contribution in [-0.4, -0.2) is 42.9 Å². The molecular weight excluding hydrogens is 334 g/mol. The normalized spacial score (nSPS) is 10.9. The van der Waals surface area contributed by atoms with Gasteiger partial charge in [0.05, 0.1) is 5.69 Å². The predicted molar refractivity (Wildman–Crippen MR) is 94.7 cm³/mol. The molecule has 1 N–H and O–H groups in total. The Morgan fingerprint density at radius 1 is 1.38 bits per heavy atom. The summed E-state index contributed by atoms with van der Waals surface area (Å²) in [5.74, 6) is 1.51. The van der Waals surface area contributed by atoms with Crippen LogP contribution in [0.2, 0.25) is 0 Å². The minimum atomic E-state index is -0.274. The van der Waals surface area contributed by atoms with Gasteiger partial charge in [0.2, 0.25) is 5.89 Å². The number of aromatic nitrogens is 5. The van der Waals surface area contributed by atoms with Crippen molar-refractivity contribution in [2.45, 2.75) is 26.8 Å². The minimum Gasteiger partial charge on any atom is -0.337 e. The molecule has 0 aliphatic carbocycles. The standard InChI is InChI=1S/C17H21N7O2/c1-12(2)7-15-21-16(26-22-15)9-23(3)17(25)20-13-5-4-6-14(8-13)24-11-18-10-19-24/h4-6,8,10-12H,7,9H2,1-3H3,(H,20,25). The fourth-order valence-electron chi connectivity index (χ4n) is 2.36. The first-order valence-electron chi connectivity index (χ1n) is 8.30. The zero-order chi connectivity index (χ0) is 18.5. The lowest BCUT2D eigenvalue weighted by Crippen LogP contribution is -2.31. The Balaban J connectivity index is 1.61. The highest BCUT2D eigenvalue weighted by atomic mass is 16.5. The number of amides is 2. The van der Waals surface area contributed by atoms with E-state index in [1.807, 2.05) is 18.2 Å². The lowest BCUT2D eigenvalue weighted by Gasteiger charge is -2.16. The van der Waals surface area contributed by atoms with Crippen LogP contribution in [0.3, 0.4) is 0 Å². The van der Waals surface area contributed by atoms with E-state index in [-0.39, 0.29) is 12.6 Å². The highest BCUT2D eigenvalue weighted by Crippen LogP contribution is 2.14. The van der Waals surface area contributed by atoms with E-state index < -0.39 is 0 Å². The lowest BCUT2D eigenvalue weighted by atomic mass is 10.1. The summed E-state index contributed by atoms with van der Waals surface area (Å²) in [6.45, 7) is 4.41. The Hall–Kier alpha value is -3.23. The van der Waals surface area contributed by atoms with Gasteiger partial charge >= 0.3 is 6.03 Å². The van der Waals surface area contributed by atoms with Crippen LogP contribution in [0.1, 0.15) is 25.6 Å². The van der Waals surface area contributed by atoms with Crippen LogP contribution < -0.4 is 5.32 Å². The van der Waals surface area contributed by atoms with E-state index in [0.29, 0.717) is 23.3 Å². The Morgan fingerprint density at radius 2 is 2.23 bits per heavy atom. The van der Waals surface area contributed by atoms with Gasteiger partial charge in [-0.25, -0.2) is 14.5 Å². The zero-order valence-electron chi connectivity index (χ0n) is 15.0. The minimum absolute atomic E-state index is 0.236. The molecule has 0 spiro atoms. The molecule has 0 radical (unpaired) electrons. The van der Waals surface area contributed by atoms with E-state index >= 15 is 0 Å². The summed E-state index contributed by atoms with van der Waals surface area (Å²) in [7, 11) is 1.67. The molecule has 0 unspecified atom stereocenters. The molecule has 3 aromatic rings. The second kappa shape index (κ2) is 7.77. The van der Waals surface area contributed by atoms with Gasteiger partial charge in [0.15, 0.2) is 5.82 Å². The van der Waals surface area contributed by atoms with Gasteiger partial charge in [-0.1, -0.05) is 25.1 Å². The van der Waals surface area contributed by atoms with Gasteiger partial charge in [-0.2, -0.15) is 10.1 Å². The van der Waals surface area contributed by atoms with E-state index in [1.54, 1.807) is 24.1 Å². The summed E-state index contributed by atoms with van der Waals surface area (Å²) in [4.78, 5) is 22.1. The maximum Gasteiger partial charge on any atom is 0.322 e. The van der Waals surface area contributed by atoms with Crippen LogP contribution in [0.15, 0.2) is 41.4 Å². The Morgan fingerprint density at radius 3 is 2.96 bits per heavy atom. The first kappa shape index (κ1) is 17.6. The third-order valence-electron chi connectivity index (χ3n) is 3.60. The molecule has 3 rings (SSSR count). The number of nitrogens with zero attached hydrogens (tertiary/aromatic N) is 6. The number of carbonyl (C=O) groups is 1. The van der Waals surface area contributed by atoms with Crippen LogP contribution in [0.5, 0.6) is 0 Å². The second-order valence-corrected chi connectivity index (χ2v) is 6.38. The van der Waals surface area contributed by atoms with Crippen molar-refractivity contribution in [1.29, 1.82) is 0 Å². The third-order valence-corrected chi connectivity index (χ3v) is 3.60. The van der Waals surface area contributed by atoms with Crippen LogP contribution in [0.25, 0.3) is 5.69 Å². The average molecular weight is 355 g/mol. The highest BCUT2D eigenvalue weighted by molar-refractivity contribution is 5.89. The van der Waals surface area contributed by atoms with Gasteiger partial charge in [-0.05, 0) is 24.1 Å². The van der Waals surface area contributed by atoms with E-state index in [2.05, 4.69) is 39.4 Å². The first-order valence-corrected chi connectivity index (χ1v) is 8.30. The largest absolute Gasteiger partial charge is 0.337 e. The van der Waals surface area contributed by atoms with Gasteiger partial charge in [-0.3, -0.25) is 0 Å². The molecule has 1 aromatic carbocycles. The summed E-state index contributed by atoms with van der Waals surface area (Å²) in [5.41, 5.74) is 1.46. The SMILES string of the molecule is CC(C)Cc1noc(CN(C)C(=O)Nc2cccc(-n3cncn3)c2)n1. The van der Waals surface area contributed by atoms with E-state index in [4.69, 9.17) is 4.52 Å². The van der Waals surface area contributed by atoms with Crippen molar-refractivity contribution in [3.05, 3.63) is 48.6 Å². The molecule has 2 amide bonds. The molecule has 0 saturated heterocycles. The van der Waals surface area contributed by atoms with Gasteiger partial charge in [0, 0.05) is 19.2 Å². The number of urea groups is 1. The smallest absolute Gasteiger partial charge is 0.322 e. The summed E-state index contributed by atoms with van der Waals surface area (Å²) in [6.07, 6.45) is 3.79. The predicted octanol–water partition coefficient (Wildman–Crippen LogP) is 2.51. The average Bonchev–Trinajstić information content (AvgIpc) is 3.26. The molecule has 26 heavy (non-hydrogen) atoms. The molecule has 0 aliphatic rings. The number of hydrogen-bond donors (Lipinski definition) is 1. The van der Waals surface area contributed by atoms with Crippen molar-refractivity contribution in [3.8, 4) is 5.69 Å². The summed E-state index contributed by atoms with van der Waals surface area (Å²) in [6, 6.07) is 7.06. The molecule has 0 atom stereocenters. The van der Waals surface area contributed by atoms with Gasteiger partial charge in [0.25, 0.3) is 0 Å². The van der Waals surface area contributed by atoms with Gasteiger partial charge in [0.1, 0.15) is 19.2 Å². The van der Waals surface area contributed by atoms with E-state index in [9.17, 15) is 4.79 Å². The number of carbonyl (C=O) groups excluding carboxylic acids is 1. The maximum atomic E-state index is 12.4. The van der Waals surface area contributed by atoms with Crippen molar-refractivity contribution in [1.82, 2.24) is 29.8 Å².